The van der Waals surface area contributed by atoms with Crippen LogP contribution in [0, 0.1) is 0 Å². The van der Waals surface area contributed by atoms with Gasteiger partial charge in [0.25, 0.3) is 0 Å². The number of anilines is 1. The van der Waals surface area contributed by atoms with Gasteiger partial charge in [-0.1, -0.05) is 13.0 Å². The average Bonchev–Trinajstić information content (AvgIpc) is 3.50. The van der Waals surface area contributed by atoms with Crippen molar-refractivity contribution < 1.29 is 4.74 Å². The standard InChI is InChI=1S/C25H28N6O/c1-2-14-32-25-7-5-6-20(28-25)17-22-27-21(18-24(29-22)30-10-3-4-11-30)15-19-8-12-31-13-9-26-23(31)16-19/h5-9,12-13,16,18H,2-4,10-11,14-15,17H2,1H3. The van der Waals surface area contributed by atoms with Gasteiger partial charge in [-0.05, 0) is 43.0 Å². The maximum atomic E-state index is 5.70. The van der Waals surface area contributed by atoms with Crippen LogP contribution in [0.3, 0.4) is 0 Å². The first-order valence-corrected chi connectivity index (χ1v) is 11.4. The van der Waals surface area contributed by atoms with Crippen LogP contribution in [-0.4, -0.2) is 44.0 Å². The number of imidazole rings is 1. The molecule has 0 aliphatic carbocycles. The number of fused-ring (bicyclic) bond motifs is 1. The minimum atomic E-state index is 0.581. The summed E-state index contributed by atoms with van der Waals surface area (Å²) in [4.78, 5) is 21.2. The first-order valence-electron chi connectivity index (χ1n) is 11.4. The second-order valence-corrected chi connectivity index (χ2v) is 8.22. The first kappa shape index (κ1) is 20.4. The van der Waals surface area contributed by atoms with Gasteiger partial charge >= 0.3 is 0 Å². The van der Waals surface area contributed by atoms with E-state index in [2.05, 4.69) is 40.0 Å². The number of nitrogens with zero attached hydrogens (tertiary/aromatic N) is 6. The van der Waals surface area contributed by atoms with Gasteiger partial charge in [-0.2, -0.15) is 0 Å². The van der Waals surface area contributed by atoms with Crippen LogP contribution in [0.4, 0.5) is 5.82 Å². The number of aromatic nitrogens is 5. The molecule has 0 bridgehead atoms. The minimum absolute atomic E-state index is 0.581. The molecule has 4 aromatic rings. The summed E-state index contributed by atoms with van der Waals surface area (Å²) in [6.45, 7) is 4.86. The zero-order chi connectivity index (χ0) is 21.8. The van der Waals surface area contributed by atoms with Gasteiger partial charge in [0.2, 0.25) is 5.88 Å². The predicted molar refractivity (Wildman–Crippen MR) is 124 cm³/mol. The summed E-state index contributed by atoms with van der Waals surface area (Å²) in [5, 5.41) is 0. The van der Waals surface area contributed by atoms with Crippen LogP contribution in [0.2, 0.25) is 0 Å². The SMILES string of the molecule is CCCOc1cccc(Cc2nc(Cc3ccn4ccnc4c3)cc(N3CCCC3)n2)n1. The van der Waals surface area contributed by atoms with E-state index < -0.39 is 0 Å². The highest BCUT2D eigenvalue weighted by molar-refractivity contribution is 5.45. The molecule has 4 aromatic heterocycles. The summed E-state index contributed by atoms with van der Waals surface area (Å²) in [7, 11) is 0. The van der Waals surface area contributed by atoms with Crippen molar-refractivity contribution >= 4 is 11.5 Å². The van der Waals surface area contributed by atoms with E-state index in [0.717, 1.165) is 54.6 Å². The Hall–Kier alpha value is -3.48. The Morgan fingerprint density at radius 1 is 0.938 bits per heavy atom. The van der Waals surface area contributed by atoms with Gasteiger partial charge in [0.05, 0.1) is 24.4 Å². The fourth-order valence-corrected chi connectivity index (χ4v) is 4.09. The Balaban J connectivity index is 1.43. The lowest BCUT2D eigenvalue weighted by atomic mass is 10.1. The highest BCUT2D eigenvalue weighted by atomic mass is 16.5. The van der Waals surface area contributed by atoms with Crippen LogP contribution in [-0.2, 0) is 12.8 Å². The quantitative estimate of drug-likeness (QED) is 0.421. The Kier molecular flexibility index (Phi) is 5.96. The molecule has 0 atom stereocenters. The van der Waals surface area contributed by atoms with Gasteiger partial charge in [-0.3, -0.25) is 0 Å². The maximum absolute atomic E-state index is 5.70. The Morgan fingerprint density at radius 2 is 1.84 bits per heavy atom. The topological polar surface area (TPSA) is 68.4 Å². The van der Waals surface area contributed by atoms with Crippen molar-refractivity contribution in [2.75, 3.05) is 24.6 Å². The van der Waals surface area contributed by atoms with E-state index in [1.807, 2.05) is 41.2 Å². The van der Waals surface area contributed by atoms with E-state index >= 15 is 0 Å². The summed E-state index contributed by atoms with van der Waals surface area (Å²) < 4.78 is 7.72. The van der Waals surface area contributed by atoms with Crippen molar-refractivity contribution in [3.8, 4) is 5.88 Å². The number of rotatable bonds is 8. The second-order valence-electron chi connectivity index (χ2n) is 8.22. The van der Waals surface area contributed by atoms with E-state index in [4.69, 9.17) is 14.7 Å². The number of hydrogen-bond donors (Lipinski definition) is 0. The van der Waals surface area contributed by atoms with E-state index in [9.17, 15) is 0 Å². The van der Waals surface area contributed by atoms with Crippen molar-refractivity contribution in [2.45, 2.75) is 39.0 Å². The van der Waals surface area contributed by atoms with Crippen LogP contribution in [0.1, 0.15) is 49.0 Å². The fourth-order valence-electron chi connectivity index (χ4n) is 4.09. The molecule has 0 N–H and O–H groups in total. The van der Waals surface area contributed by atoms with Gasteiger partial charge in [0, 0.05) is 50.2 Å². The number of ether oxygens (including phenoxy) is 1. The zero-order valence-electron chi connectivity index (χ0n) is 18.4. The molecule has 7 heteroatoms. The third kappa shape index (κ3) is 4.72. The minimum Gasteiger partial charge on any atom is -0.478 e. The zero-order valence-corrected chi connectivity index (χ0v) is 18.4. The highest BCUT2D eigenvalue weighted by Gasteiger charge is 2.17. The van der Waals surface area contributed by atoms with Crippen LogP contribution in [0.5, 0.6) is 5.88 Å². The summed E-state index contributed by atoms with van der Waals surface area (Å²) >= 11 is 0. The monoisotopic (exact) mass is 428 g/mol. The molecule has 1 aliphatic heterocycles. The molecule has 0 saturated carbocycles. The molecule has 1 saturated heterocycles. The molecule has 1 aliphatic rings. The lowest BCUT2D eigenvalue weighted by Crippen LogP contribution is -2.20. The maximum Gasteiger partial charge on any atom is 0.213 e. The van der Waals surface area contributed by atoms with E-state index in [0.29, 0.717) is 18.9 Å². The molecule has 0 spiro atoms. The van der Waals surface area contributed by atoms with Crippen LogP contribution in [0.25, 0.3) is 5.65 Å². The molecule has 0 amide bonds. The van der Waals surface area contributed by atoms with Crippen molar-refractivity contribution in [1.29, 1.82) is 0 Å². The van der Waals surface area contributed by atoms with Crippen molar-refractivity contribution in [1.82, 2.24) is 24.3 Å². The molecule has 5 rings (SSSR count). The molecule has 7 nitrogen and oxygen atoms in total. The summed E-state index contributed by atoms with van der Waals surface area (Å²) in [5.41, 5.74) is 4.08. The predicted octanol–water partition coefficient (Wildman–Crippen LogP) is 4.09. The van der Waals surface area contributed by atoms with Gasteiger partial charge in [0.15, 0.2) is 0 Å². The molecule has 164 valence electrons. The smallest absolute Gasteiger partial charge is 0.213 e. The summed E-state index contributed by atoms with van der Waals surface area (Å²) in [6, 6.07) is 12.3. The molecular weight excluding hydrogens is 400 g/mol. The van der Waals surface area contributed by atoms with Crippen molar-refractivity contribution in [3.05, 3.63) is 77.8 Å². The molecule has 0 unspecified atom stereocenters. The summed E-state index contributed by atoms with van der Waals surface area (Å²) in [6.07, 6.45) is 10.5. The van der Waals surface area contributed by atoms with Crippen LogP contribution >= 0.6 is 0 Å². The Labute approximate surface area is 188 Å². The lowest BCUT2D eigenvalue weighted by Gasteiger charge is -2.18. The van der Waals surface area contributed by atoms with Crippen molar-refractivity contribution in [3.63, 3.8) is 0 Å². The van der Waals surface area contributed by atoms with E-state index in [1.165, 1.54) is 18.4 Å². The molecule has 1 fully saturated rings. The van der Waals surface area contributed by atoms with E-state index in [1.54, 1.807) is 0 Å². The number of pyridine rings is 2. The van der Waals surface area contributed by atoms with Gasteiger partial charge in [-0.25, -0.2) is 19.9 Å². The normalized spacial score (nSPS) is 13.7. The van der Waals surface area contributed by atoms with Crippen LogP contribution < -0.4 is 9.64 Å². The number of hydrogen-bond acceptors (Lipinski definition) is 6. The van der Waals surface area contributed by atoms with Crippen LogP contribution in [0.15, 0.2) is 55.0 Å². The highest BCUT2D eigenvalue weighted by Crippen LogP contribution is 2.22. The molecule has 0 radical (unpaired) electrons. The molecule has 32 heavy (non-hydrogen) atoms. The third-order valence-electron chi connectivity index (χ3n) is 5.66. The van der Waals surface area contributed by atoms with Gasteiger partial charge in [0.1, 0.15) is 17.3 Å². The molecule has 5 heterocycles. The van der Waals surface area contributed by atoms with Crippen molar-refractivity contribution in [2.24, 2.45) is 0 Å². The Bertz CT molecular complexity index is 1200. The van der Waals surface area contributed by atoms with Gasteiger partial charge < -0.3 is 14.0 Å². The lowest BCUT2D eigenvalue weighted by molar-refractivity contribution is 0.304. The summed E-state index contributed by atoms with van der Waals surface area (Å²) in [5.74, 6) is 2.47. The molecular formula is C25H28N6O. The van der Waals surface area contributed by atoms with Gasteiger partial charge in [-0.15, -0.1) is 0 Å². The largest absolute Gasteiger partial charge is 0.478 e. The molecule has 0 aromatic carbocycles. The Morgan fingerprint density at radius 3 is 2.72 bits per heavy atom. The fraction of sp³-hybridized carbons (Fsp3) is 0.360. The second kappa shape index (κ2) is 9.34. The first-order chi connectivity index (χ1) is 15.8. The third-order valence-corrected chi connectivity index (χ3v) is 5.66. The average molecular weight is 429 g/mol. The van der Waals surface area contributed by atoms with E-state index in [-0.39, 0.29) is 0 Å².